The average molecular weight is 346 g/mol. The predicted octanol–water partition coefficient (Wildman–Crippen LogP) is 2.98. The highest BCUT2D eigenvalue weighted by molar-refractivity contribution is 7.15. The molecule has 7 nitrogen and oxygen atoms in total. The van der Waals surface area contributed by atoms with Crippen LogP contribution in [0, 0.1) is 0 Å². The lowest BCUT2D eigenvalue weighted by Gasteiger charge is -2.16. The molecule has 2 amide bonds. The smallest absolute Gasteiger partial charge is 0.321 e. The van der Waals surface area contributed by atoms with Gasteiger partial charge in [-0.15, -0.1) is 10.2 Å². The van der Waals surface area contributed by atoms with E-state index in [0.29, 0.717) is 17.6 Å². The number of carbonyl (C=O) groups excluding carboxylic acids is 1. The third-order valence-electron chi connectivity index (χ3n) is 3.85. The first kappa shape index (κ1) is 16.6. The summed E-state index contributed by atoms with van der Waals surface area (Å²) in [6, 6.07) is 3.73. The fourth-order valence-electron chi connectivity index (χ4n) is 2.50. The van der Waals surface area contributed by atoms with Crippen LogP contribution in [-0.4, -0.2) is 34.3 Å². The van der Waals surface area contributed by atoms with Crippen LogP contribution in [0.4, 0.5) is 15.7 Å². The van der Waals surface area contributed by atoms with E-state index in [-0.39, 0.29) is 6.03 Å². The minimum Gasteiger partial charge on any atom is -0.357 e. The molecule has 3 rings (SSSR count). The van der Waals surface area contributed by atoms with Gasteiger partial charge >= 0.3 is 6.03 Å². The number of nitrogens with zero attached hydrogens (tertiary/aromatic N) is 4. The molecule has 1 fully saturated rings. The van der Waals surface area contributed by atoms with E-state index in [0.717, 1.165) is 29.5 Å². The lowest BCUT2D eigenvalue weighted by atomic mass is 10.2. The second-order valence-corrected chi connectivity index (χ2v) is 7.14. The van der Waals surface area contributed by atoms with Crippen molar-refractivity contribution in [2.45, 2.75) is 39.2 Å². The quantitative estimate of drug-likeness (QED) is 0.869. The molecule has 1 aliphatic rings. The Hall–Kier alpha value is -2.22. The zero-order valence-electron chi connectivity index (χ0n) is 14.0. The number of rotatable bonds is 5. The van der Waals surface area contributed by atoms with Gasteiger partial charge in [-0.25, -0.2) is 9.78 Å². The van der Waals surface area contributed by atoms with Gasteiger partial charge in [0, 0.05) is 31.7 Å². The Kier molecular flexibility index (Phi) is 5.24. The standard InChI is InChI=1S/C16H22N6OS/c1-11(2)14-20-21-16(24-14)19-15(23)18-10-12-5-6-13(17-9-12)22-7-3-4-8-22/h5-6,9,11H,3-4,7-8,10H2,1-2H3,(H2,18,19,21,23). The summed E-state index contributed by atoms with van der Waals surface area (Å²) in [5, 5.41) is 15.0. The first-order valence-corrected chi connectivity index (χ1v) is 9.01. The number of urea groups is 1. The van der Waals surface area contributed by atoms with Crippen molar-refractivity contribution in [1.29, 1.82) is 0 Å². The highest BCUT2D eigenvalue weighted by atomic mass is 32.1. The summed E-state index contributed by atoms with van der Waals surface area (Å²) in [5.74, 6) is 1.32. The van der Waals surface area contributed by atoms with Crippen LogP contribution in [-0.2, 0) is 6.54 Å². The van der Waals surface area contributed by atoms with Gasteiger partial charge in [-0.05, 0) is 24.5 Å². The molecule has 0 saturated carbocycles. The highest BCUT2D eigenvalue weighted by Crippen LogP contribution is 2.22. The number of hydrogen-bond acceptors (Lipinski definition) is 6. The summed E-state index contributed by atoms with van der Waals surface area (Å²) in [6.07, 6.45) is 4.28. The van der Waals surface area contributed by atoms with Crippen LogP contribution >= 0.6 is 11.3 Å². The Morgan fingerprint density at radius 2 is 2.08 bits per heavy atom. The SMILES string of the molecule is CC(C)c1nnc(NC(=O)NCc2ccc(N3CCCC3)nc2)s1. The van der Waals surface area contributed by atoms with Gasteiger partial charge in [-0.3, -0.25) is 5.32 Å². The molecule has 1 aliphatic heterocycles. The van der Waals surface area contributed by atoms with E-state index in [9.17, 15) is 4.79 Å². The van der Waals surface area contributed by atoms with Gasteiger partial charge in [0.2, 0.25) is 5.13 Å². The predicted molar refractivity (Wildman–Crippen MR) is 95.5 cm³/mol. The van der Waals surface area contributed by atoms with Gasteiger partial charge in [-0.2, -0.15) is 0 Å². The monoisotopic (exact) mass is 346 g/mol. The third-order valence-corrected chi connectivity index (χ3v) is 4.99. The summed E-state index contributed by atoms with van der Waals surface area (Å²) in [6.45, 7) is 6.67. The molecule has 8 heteroatoms. The average Bonchev–Trinajstić information content (AvgIpc) is 3.25. The molecule has 0 unspecified atom stereocenters. The summed E-state index contributed by atoms with van der Waals surface area (Å²) >= 11 is 1.39. The second-order valence-electron chi connectivity index (χ2n) is 6.13. The van der Waals surface area contributed by atoms with Crippen LogP contribution in [0.2, 0.25) is 0 Å². The van der Waals surface area contributed by atoms with E-state index >= 15 is 0 Å². The zero-order valence-corrected chi connectivity index (χ0v) is 14.8. The molecule has 128 valence electrons. The van der Waals surface area contributed by atoms with Gasteiger partial charge in [0.1, 0.15) is 10.8 Å². The lowest BCUT2D eigenvalue weighted by Crippen LogP contribution is -2.28. The fourth-order valence-corrected chi connectivity index (χ4v) is 3.24. The number of hydrogen-bond donors (Lipinski definition) is 2. The maximum absolute atomic E-state index is 11.9. The Bertz CT molecular complexity index is 678. The van der Waals surface area contributed by atoms with Crippen molar-refractivity contribution in [2.24, 2.45) is 0 Å². The Labute approximate surface area is 145 Å². The second kappa shape index (κ2) is 7.57. The normalized spacial score (nSPS) is 14.2. The molecule has 24 heavy (non-hydrogen) atoms. The van der Waals surface area contributed by atoms with Gasteiger partial charge in [0.05, 0.1) is 0 Å². The molecule has 0 radical (unpaired) electrons. The number of aromatic nitrogens is 3. The van der Waals surface area contributed by atoms with Crippen LogP contribution in [0.5, 0.6) is 0 Å². The molecular formula is C16H22N6OS. The third kappa shape index (κ3) is 4.19. The molecule has 0 spiro atoms. The highest BCUT2D eigenvalue weighted by Gasteiger charge is 2.13. The van der Waals surface area contributed by atoms with Crippen molar-refractivity contribution in [2.75, 3.05) is 23.3 Å². The first-order valence-electron chi connectivity index (χ1n) is 8.20. The molecule has 0 aromatic carbocycles. The van der Waals surface area contributed by atoms with Crippen molar-refractivity contribution < 1.29 is 4.79 Å². The Morgan fingerprint density at radius 3 is 2.71 bits per heavy atom. The lowest BCUT2D eigenvalue weighted by molar-refractivity contribution is 0.251. The van der Waals surface area contributed by atoms with Crippen LogP contribution in [0.15, 0.2) is 18.3 Å². The van der Waals surface area contributed by atoms with E-state index in [2.05, 4.69) is 30.7 Å². The molecular weight excluding hydrogens is 324 g/mol. The van der Waals surface area contributed by atoms with E-state index in [1.54, 1.807) is 0 Å². The zero-order chi connectivity index (χ0) is 16.9. The number of nitrogens with one attached hydrogen (secondary N) is 2. The minimum atomic E-state index is -0.287. The maximum atomic E-state index is 11.9. The van der Waals surface area contributed by atoms with Crippen LogP contribution < -0.4 is 15.5 Å². The molecule has 0 bridgehead atoms. The number of amides is 2. The van der Waals surface area contributed by atoms with Crippen LogP contribution in [0.25, 0.3) is 0 Å². The largest absolute Gasteiger partial charge is 0.357 e. The van der Waals surface area contributed by atoms with Crippen molar-refractivity contribution in [3.05, 3.63) is 28.9 Å². The van der Waals surface area contributed by atoms with Gasteiger partial charge < -0.3 is 10.2 Å². The fraction of sp³-hybridized carbons (Fsp3) is 0.500. The summed E-state index contributed by atoms with van der Waals surface area (Å²) in [5.41, 5.74) is 0.966. The molecule has 2 aromatic rings. The van der Waals surface area contributed by atoms with E-state index in [1.807, 2.05) is 32.2 Å². The molecule has 2 N–H and O–H groups in total. The molecule has 1 saturated heterocycles. The van der Waals surface area contributed by atoms with E-state index in [4.69, 9.17) is 0 Å². The maximum Gasteiger partial charge on any atom is 0.321 e. The van der Waals surface area contributed by atoms with Crippen molar-refractivity contribution in [3.63, 3.8) is 0 Å². The minimum absolute atomic E-state index is 0.287. The van der Waals surface area contributed by atoms with Gasteiger partial charge in [-0.1, -0.05) is 31.3 Å². The summed E-state index contributed by atoms with van der Waals surface area (Å²) in [7, 11) is 0. The van der Waals surface area contributed by atoms with E-state index in [1.165, 1.54) is 24.2 Å². The molecule has 0 aliphatic carbocycles. The molecule has 3 heterocycles. The number of carbonyl (C=O) groups is 1. The summed E-state index contributed by atoms with van der Waals surface area (Å²) < 4.78 is 0. The summed E-state index contributed by atoms with van der Waals surface area (Å²) in [4.78, 5) is 18.7. The van der Waals surface area contributed by atoms with Crippen LogP contribution in [0.1, 0.15) is 43.2 Å². The number of anilines is 2. The number of pyridine rings is 1. The van der Waals surface area contributed by atoms with Crippen LogP contribution in [0.3, 0.4) is 0 Å². The van der Waals surface area contributed by atoms with Gasteiger partial charge in [0.25, 0.3) is 0 Å². The van der Waals surface area contributed by atoms with Crippen molar-refractivity contribution in [1.82, 2.24) is 20.5 Å². The Morgan fingerprint density at radius 1 is 1.29 bits per heavy atom. The van der Waals surface area contributed by atoms with Gasteiger partial charge in [0.15, 0.2) is 0 Å². The van der Waals surface area contributed by atoms with Crippen molar-refractivity contribution >= 4 is 28.3 Å². The van der Waals surface area contributed by atoms with Crippen molar-refractivity contribution in [3.8, 4) is 0 Å². The topological polar surface area (TPSA) is 83.0 Å². The molecule has 2 aromatic heterocycles. The molecule has 0 atom stereocenters. The Balaban J connectivity index is 1.48. The first-order chi connectivity index (χ1) is 11.6. The van der Waals surface area contributed by atoms with E-state index < -0.39 is 0 Å².